The summed E-state index contributed by atoms with van der Waals surface area (Å²) in [5, 5.41) is 2.04. The summed E-state index contributed by atoms with van der Waals surface area (Å²) in [5.74, 6) is 1.05. The molecular formula is C25H25N3S. The smallest absolute Gasteiger partial charge is 0.154 e. The van der Waals surface area contributed by atoms with Crippen molar-refractivity contribution in [2.24, 2.45) is 0 Å². The van der Waals surface area contributed by atoms with Gasteiger partial charge in [-0.1, -0.05) is 54.6 Å². The van der Waals surface area contributed by atoms with E-state index in [4.69, 9.17) is 4.98 Å². The van der Waals surface area contributed by atoms with Crippen molar-refractivity contribution in [1.29, 1.82) is 0 Å². The van der Waals surface area contributed by atoms with Crippen LogP contribution >= 0.6 is 12.6 Å². The van der Waals surface area contributed by atoms with Gasteiger partial charge in [-0.15, -0.1) is 12.6 Å². The zero-order valence-corrected chi connectivity index (χ0v) is 17.8. The van der Waals surface area contributed by atoms with Gasteiger partial charge < -0.3 is 9.47 Å². The first-order chi connectivity index (χ1) is 14.1. The van der Waals surface area contributed by atoms with Crippen LogP contribution in [-0.2, 0) is 19.5 Å². The van der Waals surface area contributed by atoms with E-state index in [0.29, 0.717) is 0 Å². The van der Waals surface area contributed by atoms with Crippen LogP contribution in [0.3, 0.4) is 0 Å². The lowest BCUT2D eigenvalue weighted by Crippen LogP contribution is -2.31. The number of fused-ring (bicyclic) bond motifs is 2. The fourth-order valence-electron chi connectivity index (χ4n) is 4.49. The first-order valence-corrected chi connectivity index (χ1v) is 10.6. The van der Waals surface area contributed by atoms with Gasteiger partial charge in [0.2, 0.25) is 0 Å². The number of pyridine rings is 1. The molecule has 0 amide bonds. The summed E-state index contributed by atoms with van der Waals surface area (Å²) in [5.41, 5.74) is 7.98. The summed E-state index contributed by atoms with van der Waals surface area (Å²) >= 11 is 4.65. The third kappa shape index (κ3) is 3.22. The number of hydrogen-bond donors (Lipinski definition) is 1. The van der Waals surface area contributed by atoms with Crippen LogP contribution in [0.15, 0.2) is 65.7 Å². The van der Waals surface area contributed by atoms with Gasteiger partial charge in [0.15, 0.2) is 5.82 Å². The van der Waals surface area contributed by atoms with E-state index >= 15 is 0 Å². The Morgan fingerprint density at radius 3 is 2.48 bits per heavy atom. The van der Waals surface area contributed by atoms with Crippen LogP contribution in [-0.4, -0.2) is 16.1 Å². The number of aryl methyl sites for hydroxylation is 1. The number of benzene rings is 2. The molecule has 0 atom stereocenters. The second-order valence-corrected chi connectivity index (χ2v) is 8.38. The van der Waals surface area contributed by atoms with Crippen molar-refractivity contribution in [3.8, 4) is 0 Å². The molecule has 2 aromatic heterocycles. The van der Waals surface area contributed by atoms with Crippen LogP contribution in [0, 0.1) is 13.8 Å². The van der Waals surface area contributed by atoms with Crippen LogP contribution in [0.2, 0.25) is 0 Å². The number of aromatic nitrogens is 2. The standard InChI is InChI=1S/C25H25N3S/c1-17-18(2)28(15-19-8-4-3-5-9-19)24-22(17)14-23(29)26-25(24)27-13-12-20-10-6-7-11-21(20)16-27/h3-11,14H,12-13,15-16H2,1-2H3,(H,26,29). The number of thiol groups is 1. The Bertz CT molecular complexity index is 1190. The third-order valence-corrected chi connectivity index (χ3v) is 6.43. The lowest BCUT2D eigenvalue weighted by atomic mass is 10.00. The molecule has 2 aromatic carbocycles. The Hall–Kier alpha value is -2.72. The lowest BCUT2D eigenvalue weighted by Gasteiger charge is -2.31. The van der Waals surface area contributed by atoms with E-state index in [0.717, 1.165) is 36.9 Å². The van der Waals surface area contributed by atoms with Gasteiger partial charge in [0.05, 0.1) is 10.5 Å². The molecule has 0 spiro atoms. The molecule has 0 N–H and O–H groups in total. The SMILES string of the molecule is Cc1c(C)n(Cc2ccccc2)c2c(N3CCc4ccccc4C3)nc(S)cc12. The number of hydrogen-bond acceptors (Lipinski definition) is 3. The monoisotopic (exact) mass is 399 g/mol. The molecule has 0 saturated carbocycles. The minimum atomic E-state index is 0.784. The molecule has 146 valence electrons. The second kappa shape index (κ2) is 7.27. The zero-order chi connectivity index (χ0) is 20.0. The van der Waals surface area contributed by atoms with Crippen molar-refractivity contribution in [1.82, 2.24) is 9.55 Å². The molecule has 1 aliphatic rings. The van der Waals surface area contributed by atoms with Gasteiger partial charge in [-0.05, 0) is 48.6 Å². The summed E-state index contributed by atoms with van der Waals surface area (Å²) in [6.45, 7) is 7.14. The van der Waals surface area contributed by atoms with E-state index in [1.807, 2.05) is 0 Å². The van der Waals surface area contributed by atoms with E-state index in [1.54, 1.807) is 0 Å². The summed E-state index contributed by atoms with van der Waals surface area (Å²) in [6.07, 6.45) is 1.05. The van der Waals surface area contributed by atoms with Crippen molar-refractivity contribution >= 4 is 29.3 Å². The Kier molecular flexibility index (Phi) is 4.59. The predicted molar refractivity (Wildman–Crippen MR) is 123 cm³/mol. The largest absolute Gasteiger partial charge is 0.350 e. The molecule has 1 aliphatic heterocycles. The molecule has 0 saturated heterocycles. The highest BCUT2D eigenvalue weighted by atomic mass is 32.1. The maximum atomic E-state index is 4.92. The molecule has 3 nitrogen and oxygen atoms in total. The molecule has 0 unspecified atom stereocenters. The highest BCUT2D eigenvalue weighted by Gasteiger charge is 2.23. The lowest BCUT2D eigenvalue weighted by molar-refractivity contribution is 0.713. The van der Waals surface area contributed by atoms with Gasteiger partial charge in [-0.2, -0.15) is 0 Å². The van der Waals surface area contributed by atoms with E-state index in [2.05, 4.69) is 96.6 Å². The average Bonchev–Trinajstić information content (AvgIpc) is 2.98. The van der Waals surface area contributed by atoms with Crippen LogP contribution < -0.4 is 4.90 Å². The molecule has 4 aromatic rings. The molecule has 3 heterocycles. The number of anilines is 1. The third-order valence-electron chi connectivity index (χ3n) is 6.20. The molecular weight excluding hydrogens is 374 g/mol. The van der Waals surface area contributed by atoms with Gasteiger partial charge in [-0.3, -0.25) is 0 Å². The summed E-state index contributed by atoms with van der Waals surface area (Å²) in [6, 6.07) is 21.5. The van der Waals surface area contributed by atoms with Crippen molar-refractivity contribution in [2.45, 2.75) is 38.4 Å². The maximum absolute atomic E-state index is 4.92. The van der Waals surface area contributed by atoms with Crippen LogP contribution in [0.25, 0.3) is 10.9 Å². The van der Waals surface area contributed by atoms with E-state index in [1.165, 1.54) is 38.9 Å². The average molecular weight is 400 g/mol. The molecule has 0 radical (unpaired) electrons. The van der Waals surface area contributed by atoms with Crippen molar-refractivity contribution < 1.29 is 0 Å². The Balaban J connectivity index is 1.66. The van der Waals surface area contributed by atoms with Gasteiger partial charge in [0.25, 0.3) is 0 Å². The minimum Gasteiger partial charge on any atom is -0.350 e. The quantitative estimate of drug-likeness (QED) is 0.456. The molecule has 4 heteroatoms. The molecule has 5 rings (SSSR count). The van der Waals surface area contributed by atoms with Crippen LogP contribution in [0.5, 0.6) is 0 Å². The minimum absolute atomic E-state index is 0.784. The summed E-state index contributed by atoms with van der Waals surface area (Å²) in [7, 11) is 0. The van der Waals surface area contributed by atoms with Gasteiger partial charge in [0, 0.05) is 30.7 Å². The van der Waals surface area contributed by atoms with Crippen molar-refractivity contribution in [3.63, 3.8) is 0 Å². The second-order valence-electron chi connectivity index (χ2n) is 7.92. The van der Waals surface area contributed by atoms with E-state index in [-0.39, 0.29) is 0 Å². The summed E-state index contributed by atoms with van der Waals surface area (Å²) in [4.78, 5) is 7.35. The first-order valence-electron chi connectivity index (χ1n) is 10.2. The van der Waals surface area contributed by atoms with Gasteiger partial charge >= 0.3 is 0 Å². The fourth-order valence-corrected chi connectivity index (χ4v) is 4.71. The first kappa shape index (κ1) is 18.3. The normalized spacial score (nSPS) is 13.7. The molecule has 0 fully saturated rings. The van der Waals surface area contributed by atoms with Gasteiger partial charge in [-0.25, -0.2) is 4.98 Å². The summed E-state index contributed by atoms with van der Waals surface area (Å²) < 4.78 is 2.43. The Labute approximate surface area is 177 Å². The van der Waals surface area contributed by atoms with Crippen molar-refractivity contribution in [2.75, 3.05) is 11.4 Å². The van der Waals surface area contributed by atoms with Crippen molar-refractivity contribution in [3.05, 3.63) is 88.6 Å². The van der Waals surface area contributed by atoms with Crippen LogP contribution in [0.1, 0.15) is 27.9 Å². The topological polar surface area (TPSA) is 21.1 Å². The highest BCUT2D eigenvalue weighted by molar-refractivity contribution is 7.80. The van der Waals surface area contributed by atoms with E-state index in [9.17, 15) is 0 Å². The van der Waals surface area contributed by atoms with Crippen LogP contribution in [0.4, 0.5) is 5.82 Å². The molecule has 0 aliphatic carbocycles. The predicted octanol–water partition coefficient (Wildman–Crippen LogP) is 5.55. The molecule has 0 bridgehead atoms. The Morgan fingerprint density at radius 1 is 0.966 bits per heavy atom. The Morgan fingerprint density at radius 2 is 1.69 bits per heavy atom. The number of rotatable bonds is 3. The maximum Gasteiger partial charge on any atom is 0.154 e. The molecule has 29 heavy (non-hydrogen) atoms. The van der Waals surface area contributed by atoms with Gasteiger partial charge in [0.1, 0.15) is 0 Å². The van der Waals surface area contributed by atoms with E-state index < -0.39 is 0 Å². The fraction of sp³-hybridized carbons (Fsp3) is 0.240. The highest BCUT2D eigenvalue weighted by Crippen LogP contribution is 2.35. The zero-order valence-electron chi connectivity index (χ0n) is 16.9. The number of nitrogens with zero attached hydrogens (tertiary/aromatic N) is 3.